The Hall–Kier alpha value is -3.07. The van der Waals surface area contributed by atoms with E-state index in [1.807, 2.05) is 24.3 Å². The molecule has 9 heteroatoms. The number of aromatic nitrogens is 4. The van der Waals surface area contributed by atoms with E-state index in [1.165, 1.54) is 11.6 Å². The van der Waals surface area contributed by atoms with E-state index < -0.39 is 17.4 Å². The molecule has 1 unspecified atom stereocenters. The molecule has 1 aromatic carbocycles. The SMILES string of the molecule is CCc1cccc(OCC(O)Cn2c(N3CCCC3)nc3c2c(=O)n(C)c(=O)n3C)c1. The third-order valence-corrected chi connectivity index (χ3v) is 5.86. The largest absolute Gasteiger partial charge is 0.491 e. The Balaban J connectivity index is 1.67. The maximum absolute atomic E-state index is 12.9. The summed E-state index contributed by atoms with van der Waals surface area (Å²) in [7, 11) is 3.06. The highest BCUT2D eigenvalue weighted by Gasteiger charge is 2.25. The average Bonchev–Trinajstić information content (AvgIpc) is 3.43. The number of aliphatic hydroxyl groups excluding tert-OH is 1. The van der Waals surface area contributed by atoms with Gasteiger partial charge in [0.15, 0.2) is 11.2 Å². The molecule has 0 bridgehead atoms. The number of anilines is 1. The first-order chi connectivity index (χ1) is 14.9. The molecule has 0 spiro atoms. The van der Waals surface area contributed by atoms with Gasteiger partial charge < -0.3 is 19.3 Å². The van der Waals surface area contributed by atoms with E-state index in [-0.39, 0.29) is 13.2 Å². The van der Waals surface area contributed by atoms with Crippen LogP contribution in [0.1, 0.15) is 25.3 Å². The zero-order chi connectivity index (χ0) is 22.1. The first-order valence-electron chi connectivity index (χ1n) is 10.7. The summed E-state index contributed by atoms with van der Waals surface area (Å²) in [6.07, 6.45) is 2.13. The van der Waals surface area contributed by atoms with E-state index in [4.69, 9.17) is 4.74 Å². The number of nitrogens with zero attached hydrogens (tertiary/aromatic N) is 5. The predicted molar refractivity (Wildman–Crippen MR) is 119 cm³/mol. The van der Waals surface area contributed by atoms with Crippen molar-refractivity contribution >= 4 is 17.1 Å². The predicted octanol–water partition coefficient (Wildman–Crippen LogP) is 1.04. The lowest BCUT2D eigenvalue weighted by Gasteiger charge is -2.20. The molecule has 1 fully saturated rings. The van der Waals surface area contributed by atoms with Gasteiger partial charge in [-0.05, 0) is 37.0 Å². The highest BCUT2D eigenvalue weighted by atomic mass is 16.5. The summed E-state index contributed by atoms with van der Waals surface area (Å²) in [5, 5.41) is 10.8. The molecule has 3 heterocycles. The Labute approximate surface area is 180 Å². The topological polar surface area (TPSA) is 94.5 Å². The smallest absolute Gasteiger partial charge is 0.332 e. The Morgan fingerprint density at radius 3 is 2.61 bits per heavy atom. The van der Waals surface area contributed by atoms with Crippen LogP contribution in [-0.2, 0) is 27.1 Å². The van der Waals surface area contributed by atoms with E-state index in [0.29, 0.717) is 22.9 Å². The quantitative estimate of drug-likeness (QED) is 0.605. The van der Waals surface area contributed by atoms with Crippen LogP contribution in [0.3, 0.4) is 0 Å². The molecule has 3 aromatic rings. The van der Waals surface area contributed by atoms with Crippen molar-refractivity contribution in [1.29, 1.82) is 0 Å². The molecule has 0 radical (unpaired) electrons. The second kappa shape index (κ2) is 8.58. The van der Waals surface area contributed by atoms with Crippen LogP contribution in [0, 0.1) is 0 Å². The Morgan fingerprint density at radius 2 is 1.90 bits per heavy atom. The summed E-state index contributed by atoms with van der Waals surface area (Å²) in [5.74, 6) is 1.31. The van der Waals surface area contributed by atoms with Crippen molar-refractivity contribution in [3.63, 3.8) is 0 Å². The molecule has 31 heavy (non-hydrogen) atoms. The maximum Gasteiger partial charge on any atom is 0.332 e. The standard InChI is InChI=1S/C22H29N5O4/c1-4-15-8-7-9-17(12-15)31-14-16(28)13-27-18-19(23-21(27)26-10-5-6-11-26)24(2)22(30)25(3)20(18)29/h7-9,12,16,28H,4-6,10-11,13-14H2,1-3H3. The van der Waals surface area contributed by atoms with E-state index in [2.05, 4.69) is 16.8 Å². The van der Waals surface area contributed by atoms with E-state index in [1.54, 1.807) is 11.6 Å². The van der Waals surface area contributed by atoms with Crippen LogP contribution < -0.4 is 20.9 Å². The van der Waals surface area contributed by atoms with Crippen molar-refractivity contribution in [2.45, 2.75) is 38.8 Å². The number of hydrogen-bond acceptors (Lipinski definition) is 6. The summed E-state index contributed by atoms with van der Waals surface area (Å²) in [5.41, 5.74) is 0.972. The van der Waals surface area contributed by atoms with Crippen LogP contribution in [0.4, 0.5) is 5.95 Å². The van der Waals surface area contributed by atoms with Gasteiger partial charge in [-0.3, -0.25) is 13.9 Å². The first kappa shape index (κ1) is 21.2. The van der Waals surface area contributed by atoms with Gasteiger partial charge in [-0.25, -0.2) is 4.79 Å². The Kier molecular flexibility index (Phi) is 5.86. The molecule has 4 rings (SSSR count). The van der Waals surface area contributed by atoms with Crippen LogP contribution in [0.2, 0.25) is 0 Å². The second-order valence-electron chi connectivity index (χ2n) is 8.06. The van der Waals surface area contributed by atoms with Gasteiger partial charge in [0.25, 0.3) is 5.56 Å². The monoisotopic (exact) mass is 427 g/mol. The molecule has 1 aliphatic rings. The van der Waals surface area contributed by atoms with Crippen molar-refractivity contribution in [3.8, 4) is 5.75 Å². The summed E-state index contributed by atoms with van der Waals surface area (Å²) in [4.78, 5) is 32.0. The number of hydrogen-bond donors (Lipinski definition) is 1. The second-order valence-corrected chi connectivity index (χ2v) is 8.06. The molecule has 166 valence electrons. The number of ether oxygens (including phenoxy) is 1. The van der Waals surface area contributed by atoms with Gasteiger partial charge in [0.2, 0.25) is 5.95 Å². The summed E-state index contributed by atoms with van der Waals surface area (Å²) in [6.45, 7) is 3.95. The highest BCUT2D eigenvalue weighted by molar-refractivity contribution is 5.74. The fraction of sp³-hybridized carbons (Fsp3) is 0.500. The number of aryl methyl sites for hydroxylation is 2. The Morgan fingerprint density at radius 1 is 1.16 bits per heavy atom. The number of benzene rings is 1. The molecule has 1 atom stereocenters. The normalized spacial score (nSPS) is 15.0. The third kappa shape index (κ3) is 3.97. The van der Waals surface area contributed by atoms with Crippen molar-refractivity contribution < 1.29 is 9.84 Å². The zero-order valence-corrected chi connectivity index (χ0v) is 18.2. The van der Waals surface area contributed by atoms with Crippen molar-refractivity contribution in [3.05, 3.63) is 50.7 Å². The fourth-order valence-corrected chi connectivity index (χ4v) is 4.08. The maximum atomic E-state index is 12.9. The minimum Gasteiger partial charge on any atom is -0.491 e. The minimum atomic E-state index is -0.856. The van der Waals surface area contributed by atoms with Crippen molar-refractivity contribution in [2.75, 3.05) is 24.6 Å². The number of fused-ring (bicyclic) bond motifs is 1. The molecular weight excluding hydrogens is 398 g/mol. The van der Waals surface area contributed by atoms with Gasteiger partial charge in [0, 0.05) is 27.2 Å². The van der Waals surface area contributed by atoms with Crippen molar-refractivity contribution in [1.82, 2.24) is 18.7 Å². The van der Waals surface area contributed by atoms with Gasteiger partial charge in [-0.2, -0.15) is 4.98 Å². The Bertz CT molecular complexity index is 1200. The summed E-state index contributed by atoms with van der Waals surface area (Å²) < 4.78 is 9.99. The van der Waals surface area contributed by atoms with Gasteiger partial charge >= 0.3 is 5.69 Å². The molecule has 1 N–H and O–H groups in total. The molecule has 2 aromatic heterocycles. The van der Waals surface area contributed by atoms with Crippen LogP contribution in [0.25, 0.3) is 11.2 Å². The van der Waals surface area contributed by atoms with Gasteiger partial charge in [-0.15, -0.1) is 0 Å². The summed E-state index contributed by atoms with van der Waals surface area (Å²) in [6, 6.07) is 7.78. The van der Waals surface area contributed by atoms with Crippen LogP contribution in [-0.4, -0.2) is 49.6 Å². The third-order valence-electron chi connectivity index (χ3n) is 5.86. The lowest BCUT2D eigenvalue weighted by molar-refractivity contribution is 0.0936. The zero-order valence-electron chi connectivity index (χ0n) is 18.2. The van der Waals surface area contributed by atoms with Gasteiger partial charge in [-0.1, -0.05) is 19.1 Å². The van der Waals surface area contributed by atoms with Crippen LogP contribution in [0.5, 0.6) is 5.75 Å². The van der Waals surface area contributed by atoms with Gasteiger partial charge in [0.1, 0.15) is 18.5 Å². The average molecular weight is 428 g/mol. The minimum absolute atomic E-state index is 0.0817. The molecule has 0 amide bonds. The lowest BCUT2D eigenvalue weighted by Crippen LogP contribution is -2.38. The highest BCUT2D eigenvalue weighted by Crippen LogP contribution is 2.24. The van der Waals surface area contributed by atoms with E-state index in [0.717, 1.165) is 42.5 Å². The number of imidazole rings is 1. The molecular formula is C22H29N5O4. The number of rotatable bonds is 7. The van der Waals surface area contributed by atoms with Gasteiger partial charge in [0.05, 0.1) is 6.54 Å². The van der Waals surface area contributed by atoms with Crippen LogP contribution in [0.15, 0.2) is 33.9 Å². The van der Waals surface area contributed by atoms with Crippen LogP contribution >= 0.6 is 0 Å². The molecule has 9 nitrogen and oxygen atoms in total. The molecule has 0 saturated carbocycles. The summed E-state index contributed by atoms with van der Waals surface area (Å²) >= 11 is 0. The van der Waals surface area contributed by atoms with Crippen molar-refractivity contribution in [2.24, 2.45) is 14.1 Å². The molecule has 1 aliphatic heterocycles. The fourth-order valence-electron chi connectivity index (χ4n) is 4.08. The number of aliphatic hydroxyl groups is 1. The molecule has 1 saturated heterocycles. The van der Waals surface area contributed by atoms with E-state index in [9.17, 15) is 14.7 Å². The van der Waals surface area contributed by atoms with E-state index >= 15 is 0 Å². The molecule has 0 aliphatic carbocycles. The lowest BCUT2D eigenvalue weighted by atomic mass is 10.2. The first-order valence-corrected chi connectivity index (χ1v) is 10.7.